The van der Waals surface area contributed by atoms with Gasteiger partial charge in [0.1, 0.15) is 11.3 Å². The van der Waals surface area contributed by atoms with Crippen molar-refractivity contribution in [3.05, 3.63) is 87.9 Å². The standard InChI is InChI=1S/C24H21Cl2FN2O/c1-14(2)16-5-4-6-17(11-16)18-12-22-21(28-13-18)9-10-29(22)30-15(3)23-19(25)7-8-20(27)24(23)26/h4-15H,1-3H3. The Morgan fingerprint density at radius 1 is 1.00 bits per heavy atom. The number of hydrogen-bond donors (Lipinski definition) is 0. The van der Waals surface area contributed by atoms with E-state index in [2.05, 4.69) is 43.1 Å². The van der Waals surface area contributed by atoms with Crippen molar-refractivity contribution >= 4 is 34.2 Å². The van der Waals surface area contributed by atoms with E-state index in [1.54, 1.807) is 17.9 Å². The Balaban J connectivity index is 1.71. The molecular formula is C24H21Cl2FN2O. The zero-order valence-electron chi connectivity index (χ0n) is 16.9. The number of halogens is 3. The van der Waals surface area contributed by atoms with Crippen LogP contribution in [0.1, 0.15) is 43.9 Å². The number of nitrogens with zero attached hydrogens (tertiary/aromatic N) is 2. The molecule has 0 aliphatic carbocycles. The van der Waals surface area contributed by atoms with E-state index in [0.717, 1.165) is 22.2 Å². The van der Waals surface area contributed by atoms with Crippen LogP contribution in [0.5, 0.6) is 0 Å². The Morgan fingerprint density at radius 3 is 2.57 bits per heavy atom. The SMILES string of the molecule is CC(C)c1cccc(-c2cnc3ccn(OC(C)c4c(Cl)ccc(F)c4Cl)c3c2)c1. The van der Waals surface area contributed by atoms with Crippen LogP contribution in [0.3, 0.4) is 0 Å². The van der Waals surface area contributed by atoms with Crippen LogP contribution >= 0.6 is 23.2 Å². The Morgan fingerprint density at radius 2 is 1.80 bits per heavy atom. The highest BCUT2D eigenvalue weighted by molar-refractivity contribution is 6.36. The second-order valence-electron chi connectivity index (χ2n) is 7.55. The fourth-order valence-corrected chi connectivity index (χ4v) is 4.13. The van der Waals surface area contributed by atoms with Gasteiger partial charge in [0.25, 0.3) is 0 Å². The van der Waals surface area contributed by atoms with Gasteiger partial charge >= 0.3 is 0 Å². The summed E-state index contributed by atoms with van der Waals surface area (Å²) in [7, 11) is 0. The monoisotopic (exact) mass is 442 g/mol. The van der Waals surface area contributed by atoms with Gasteiger partial charge in [0, 0.05) is 28.5 Å². The van der Waals surface area contributed by atoms with Crippen molar-refractivity contribution in [1.29, 1.82) is 0 Å². The summed E-state index contributed by atoms with van der Waals surface area (Å²) in [5.41, 5.74) is 5.35. The van der Waals surface area contributed by atoms with Crippen LogP contribution in [0.25, 0.3) is 22.2 Å². The molecule has 4 aromatic rings. The molecule has 2 heterocycles. The third-order valence-corrected chi connectivity index (χ3v) is 5.86. The van der Waals surface area contributed by atoms with Crippen molar-refractivity contribution < 1.29 is 9.23 Å². The van der Waals surface area contributed by atoms with E-state index in [0.29, 0.717) is 16.5 Å². The predicted molar refractivity (Wildman–Crippen MR) is 121 cm³/mol. The van der Waals surface area contributed by atoms with Crippen molar-refractivity contribution in [3.8, 4) is 11.1 Å². The molecule has 1 unspecified atom stereocenters. The number of rotatable bonds is 5. The molecule has 6 heteroatoms. The molecule has 3 nitrogen and oxygen atoms in total. The maximum Gasteiger partial charge on any atom is 0.150 e. The van der Waals surface area contributed by atoms with Gasteiger partial charge in [0.15, 0.2) is 6.10 Å². The average molecular weight is 443 g/mol. The van der Waals surface area contributed by atoms with Crippen LogP contribution in [0.15, 0.2) is 60.9 Å². The van der Waals surface area contributed by atoms with Gasteiger partial charge < -0.3 is 4.84 Å². The lowest BCUT2D eigenvalue weighted by molar-refractivity contribution is 0.0562. The molecule has 2 aromatic carbocycles. The van der Waals surface area contributed by atoms with E-state index < -0.39 is 11.9 Å². The third kappa shape index (κ3) is 3.90. The molecule has 154 valence electrons. The lowest BCUT2D eigenvalue weighted by atomic mass is 9.98. The van der Waals surface area contributed by atoms with Crippen molar-refractivity contribution in [2.75, 3.05) is 0 Å². The molecule has 0 spiro atoms. The summed E-state index contributed by atoms with van der Waals surface area (Å²) in [6.07, 6.45) is 3.07. The van der Waals surface area contributed by atoms with Crippen LogP contribution < -0.4 is 4.84 Å². The summed E-state index contributed by atoms with van der Waals surface area (Å²) < 4.78 is 15.5. The largest absolute Gasteiger partial charge is 0.406 e. The number of aromatic nitrogens is 2. The quantitative estimate of drug-likeness (QED) is 0.299. The smallest absolute Gasteiger partial charge is 0.150 e. The highest BCUT2D eigenvalue weighted by Crippen LogP contribution is 2.33. The van der Waals surface area contributed by atoms with Crippen molar-refractivity contribution in [2.24, 2.45) is 0 Å². The molecular weight excluding hydrogens is 422 g/mol. The van der Waals surface area contributed by atoms with Crippen molar-refractivity contribution in [1.82, 2.24) is 9.71 Å². The maximum absolute atomic E-state index is 13.9. The minimum Gasteiger partial charge on any atom is -0.406 e. The van der Waals surface area contributed by atoms with Gasteiger partial charge in [-0.15, -0.1) is 0 Å². The molecule has 0 aliphatic rings. The lowest BCUT2D eigenvalue weighted by Crippen LogP contribution is -2.16. The van der Waals surface area contributed by atoms with Crippen LogP contribution in [0.2, 0.25) is 10.0 Å². The minimum atomic E-state index is -0.566. The summed E-state index contributed by atoms with van der Waals surface area (Å²) in [4.78, 5) is 10.6. The van der Waals surface area contributed by atoms with Gasteiger partial charge in [-0.05, 0) is 48.2 Å². The first-order chi connectivity index (χ1) is 14.3. The molecule has 30 heavy (non-hydrogen) atoms. The number of pyridine rings is 1. The first-order valence-corrected chi connectivity index (χ1v) is 10.5. The van der Waals surface area contributed by atoms with Crippen molar-refractivity contribution in [3.63, 3.8) is 0 Å². The van der Waals surface area contributed by atoms with Gasteiger partial charge in [-0.2, -0.15) is 4.73 Å². The molecule has 1 atom stereocenters. The van der Waals surface area contributed by atoms with Gasteiger partial charge in [-0.1, -0.05) is 61.3 Å². The van der Waals surface area contributed by atoms with E-state index >= 15 is 0 Å². The first-order valence-electron chi connectivity index (χ1n) is 9.73. The van der Waals surface area contributed by atoms with Crippen molar-refractivity contribution in [2.45, 2.75) is 32.8 Å². The third-order valence-electron chi connectivity index (χ3n) is 5.15. The number of benzene rings is 2. The van der Waals surface area contributed by atoms with Crippen LogP contribution in [-0.4, -0.2) is 9.71 Å². The van der Waals surface area contributed by atoms with E-state index in [9.17, 15) is 4.39 Å². The van der Waals surface area contributed by atoms with Gasteiger partial charge in [-0.25, -0.2) is 4.39 Å². The Hall–Kier alpha value is -2.56. The van der Waals surface area contributed by atoms with E-state index in [1.165, 1.54) is 17.7 Å². The van der Waals surface area contributed by atoms with Gasteiger partial charge in [-0.3, -0.25) is 4.98 Å². The molecule has 0 aliphatic heterocycles. The molecule has 0 fully saturated rings. The number of hydrogen-bond acceptors (Lipinski definition) is 2. The zero-order chi connectivity index (χ0) is 21.4. The normalized spacial score (nSPS) is 12.5. The summed E-state index contributed by atoms with van der Waals surface area (Å²) in [5.74, 6) is -0.0895. The first kappa shape index (κ1) is 20.7. The molecule has 0 saturated carbocycles. The number of fused-ring (bicyclic) bond motifs is 1. The Bertz CT molecular complexity index is 1220. The molecule has 2 aromatic heterocycles. The summed E-state index contributed by atoms with van der Waals surface area (Å²) in [5, 5.41) is 0.324. The van der Waals surface area contributed by atoms with Gasteiger partial charge in [0.05, 0.1) is 10.5 Å². The molecule has 0 N–H and O–H groups in total. The van der Waals surface area contributed by atoms with Crippen LogP contribution in [0.4, 0.5) is 4.39 Å². The highest BCUT2D eigenvalue weighted by Gasteiger charge is 2.20. The lowest BCUT2D eigenvalue weighted by Gasteiger charge is -2.19. The van der Waals surface area contributed by atoms with E-state index in [-0.39, 0.29) is 5.02 Å². The second-order valence-corrected chi connectivity index (χ2v) is 8.34. The summed E-state index contributed by atoms with van der Waals surface area (Å²) in [6.45, 7) is 6.12. The zero-order valence-corrected chi connectivity index (χ0v) is 18.4. The fourth-order valence-electron chi connectivity index (χ4n) is 3.45. The van der Waals surface area contributed by atoms with E-state index in [4.69, 9.17) is 28.0 Å². The van der Waals surface area contributed by atoms with Crippen LogP contribution in [0, 0.1) is 5.82 Å². The molecule has 4 rings (SSSR count). The fraction of sp³-hybridized carbons (Fsp3) is 0.208. The predicted octanol–water partition coefficient (Wildman–Crippen LogP) is 7.46. The van der Waals surface area contributed by atoms with Crippen LogP contribution in [-0.2, 0) is 0 Å². The molecule has 0 amide bonds. The average Bonchev–Trinajstić information content (AvgIpc) is 3.13. The maximum atomic E-state index is 13.9. The minimum absolute atomic E-state index is 0.0317. The topological polar surface area (TPSA) is 27.1 Å². The van der Waals surface area contributed by atoms with E-state index in [1.807, 2.05) is 18.3 Å². The molecule has 0 radical (unpaired) electrons. The summed E-state index contributed by atoms with van der Waals surface area (Å²) in [6, 6.07) is 15.0. The highest BCUT2D eigenvalue weighted by atomic mass is 35.5. The molecule has 0 saturated heterocycles. The second kappa shape index (κ2) is 8.29. The van der Waals surface area contributed by atoms with Gasteiger partial charge in [0.2, 0.25) is 0 Å². The molecule has 0 bridgehead atoms. The Kier molecular flexibility index (Phi) is 5.72. The Labute approximate surface area is 185 Å². The summed E-state index contributed by atoms with van der Waals surface area (Å²) >= 11 is 12.4.